The summed E-state index contributed by atoms with van der Waals surface area (Å²) in [5.74, 6) is 0.301. The number of carbonyl (C=O) groups excluding carboxylic acids is 1. The summed E-state index contributed by atoms with van der Waals surface area (Å²) in [6, 6.07) is -0.273. The fourth-order valence-corrected chi connectivity index (χ4v) is 3.64. The molecule has 8 heteroatoms. The van der Waals surface area contributed by atoms with E-state index in [1.807, 2.05) is 27.7 Å². The van der Waals surface area contributed by atoms with Crippen LogP contribution in [-0.2, 0) is 9.53 Å². The third kappa shape index (κ3) is 5.67. The van der Waals surface area contributed by atoms with Crippen molar-refractivity contribution >= 4 is 17.5 Å². The predicted molar refractivity (Wildman–Crippen MR) is 88.1 cm³/mol. The van der Waals surface area contributed by atoms with Crippen molar-refractivity contribution < 1.29 is 30.0 Å². The van der Waals surface area contributed by atoms with E-state index in [0.29, 0.717) is 5.75 Å². The summed E-state index contributed by atoms with van der Waals surface area (Å²) >= 11 is 1.19. The van der Waals surface area contributed by atoms with Gasteiger partial charge in [0, 0.05) is 17.7 Å². The number of hydrogen-bond donors (Lipinski definition) is 5. The highest BCUT2D eigenvalue weighted by atomic mass is 32.2. The van der Waals surface area contributed by atoms with Crippen LogP contribution < -0.4 is 5.32 Å². The van der Waals surface area contributed by atoms with E-state index >= 15 is 0 Å². The summed E-state index contributed by atoms with van der Waals surface area (Å²) < 4.78 is 5.44. The molecule has 23 heavy (non-hydrogen) atoms. The Kier molecular flexibility index (Phi) is 8.43. The Morgan fingerprint density at radius 2 is 1.74 bits per heavy atom. The average Bonchev–Trinajstić information content (AvgIpc) is 2.49. The highest BCUT2D eigenvalue weighted by Crippen LogP contribution is 2.29. The molecule has 5 N–H and O–H groups in total. The smallest absolute Gasteiger partial charge is 0.153 e. The van der Waals surface area contributed by atoms with Crippen LogP contribution in [0.25, 0.3) is 0 Å². The SMILES string of the molecule is CC(C)N[C@@H](CSC1OC(CO)C(O)C(O)C1O)C(=O)C(C)C. The molecule has 0 saturated carbocycles. The van der Waals surface area contributed by atoms with Crippen molar-refractivity contribution in [3.05, 3.63) is 0 Å². The van der Waals surface area contributed by atoms with Crippen LogP contribution >= 0.6 is 11.8 Å². The van der Waals surface area contributed by atoms with E-state index in [2.05, 4.69) is 5.32 Å². The minimum absolute atomic E-state index is 0.0655. The molecule has 1 aliphatic rings. The highest BCUT2D eigenvalue weighted by molar-refractivity contribution is 7.99. The first-order chi connectivity index (χ1) is 10.7. The first-order valence-electron chi connectivity index (χ1n) is 7.90. The van der Waals surface area contributed by atoms with Crippen molar-refractivity contribution in [2.24, 2.45) is 5.92 Å². The number of ether oxygens (including phenoxy) is 1. The molecule has 1 rings (SSSR count). The van der Waals surface area contributed by atoms with Crippen LogP contribution in [0.2, 0.25) is 0 Å². The van der Waals surface area contributed by atoms with Crippen LogP contribution in [0.4, 0.5) is 0 Å². The normalized spacial score (nSPS) is 33.2. The van der Waals surface area contributed by atoms with Crippen molar-refractivity contribution in [2.75, 3.05) is 12.4 Å². The molecule has 1 saturated heterocycles. The molecular weight excluding hydrogens is 322 g/mol. The monoisotopic (exact) mass is 351 g/mol. The number of carbonyl (C=O) groups is 1. The van der Waals surface area contributed by atoms with Crippen molar-refractivity contribution in [1.29, 1.82) is 0 Å². The first kappa shape index (κ1) is 20.8. The summed E-state index contributed by atoms with van der Waals surface area (Å²) in [6.45, 7) is 7.09. The Balaban J connectivity index is 2.70. The standard InChI is InChI=1S/C15H29NO6S/c1-7(2)11(18)9(16-8(3)4)6-23-15-14(21)13(20)12(19)10(5-17)22-15/h7-10,12-17,19-21H,5-6H2,1-4H3/t9-,10?,12?,13?,14?,15?/m0/s1. The van der Waals surface area contributed by atoms with E-state index in [1.54, 1.807) is 0 Å². The van der Waals surface area contributed by atoms with Crippen LogP contribution in [-0.4, -0.2) is 80.5 Å². The van der Waals surface area contributed by atoms with E-state index in [-0.39, 0.29) is 17.7 Å². The Bertz CT molecular complexity index is 379. The van der Waals surface area contributed by atoms with Gasteiger partial charge >= 0.3 is 0 Å². The minimum Gasteiger partial charge on any atom is -0.394 e. The molecule has 0 aliphatic carbocycles. The van der Waals surface area contributed by atoms with E-state index in [4.69, 9.17) is 4.74 Å². The molecule has 0 radical (unpaired) electrons. The maximum absolute atomic E-state index is 12.3. The average molecular weight is 351 g/mol. The molecule has 0 aromatic rings. The van der Waals surface area contributed by atoms with Gasteiger partial charge in [0.05, 0.1) is 12.6 Å². The summed E-state index contributed by atoms with van der Waals surface area (Å²) in [7, 11) is 0. The van der Waals surface area contributed by atoms with Crippen LogP contribution in [0.1, 0.15) is 27.7 Å². The number of ketones is 1. The lowest BCUT2D eigenvalue weighted by Gasteiger charge is -2.40. The molecule has 0 bridgehead atoms. The number of aliphatic hydroxyl groups excluding tert-OH is 4. The van der Waals surface area contributed by atoms with E-state index in [0.717, 1.165) is 0 Å². The second-order valence-electron chi connectivity index (χ2n) is 6.46. The maximum Gasteiger partial charge on any atom is 0.153 e. The number of hydrogen-bond acceptors (Lipinski definition) is 8. The molecule has 136 valence electrons. The summed E-state index contributed by atoms with van der Waals surface area (Å²) in [4.78, 5) is 12.3. The van der Waals surface area contributed by atoms with Gasteiger partial charge in [-0.05, 0) is 0 Å². The van der Waals surface area contributed by atoms with Crippen LogP contribution in [0.3, 0.4) is 0 Å². The predicted octanol–water partition coefficient (Wildman–Crippen LogP) is -0.889. The van der Waals surface area contributed by atoms with Gasteiger partial charge in [-0.25, -0.2) is 0 Å². The van der Waals surface area contributed by atoms with Crippen LogP contribution in [0.5, 0.6) is 0 Å². The van der Waals surface area contributed by atoms with Crippen molar-refractivity contribution in [2.45, 2.75) is 69.6 Å². The van der Waals surface area contributed by atoms with Crippen LogP contribution in [0.15, 0.2) is 0 Å². The molecule has 0 amide bonds. The third-order valence-electron chi connectivity index (χ3n) is 3.72. The van der Waals surface area contributed by atoms with Crippen molar-refractivity contribution in [3.8, 4) is 0 Å². The minimum atomic E-state index is -1.39. The summed E-state index contributed by atoms with van der Waals surface area (Å²) in [5, 5.41) is 42.0. The molecule has 1 heterocycles. The lowest BCUT2D eigenvalue weighted by molar-refractivity contribution is -0.205. The molecule has 1 fully saturated rings. The number of thioether (sulfide) groups is 1. The molecule has 1 aliphatic heterocycles. The molecule has 0 spiro atoms. The molecular formula is C15H29NO6S. The van der Waals surface area contributed by atoms with Gasteiger partial charge in [0.15, 0.2) is 5.78 Å². The van der Waals surface area contributed by atoms with Crippen LogP contribution in [0, 0.1) is 5.92 Å². The van der Waals surface area contributed by atoms with E-state index in [9.17, 15) is 25.2 Å². The van der Waals surface area contributed by atoms with Crippen molar-refractivity contribution in [3.63, 3.8) is 0 Å². The molecule has 0 aromatic heterocycles. The molecule has 0 aromatic carbocycles. The number of nitrogens with one attached hydrogen (secondary N) is 1. The lowest BCUT2D eigenvalue weighted by Crippen LogP contribution is -2.58. The first-order valence-corrected chi connectivity index (χ1v) is 8.95. The highest BCUT2D eigenvalue weighted by Gasteiger charge is 2.43. The third-order valence-corrected chi connectivity index (χ3v) is 4.97. The maximum atomic E-state index is 12.3. The van der Waals surface area contributed by atoms with Gasteiger partial charge in [-0.1, -0.05) is 27.7 Å². The van der Waals surface area contributed by atoms with Gasteiger partial charge < -0.3 is 30.5 Å². The Morgan fingerprint density at radius 1 is 1.13 bits per heavy atom. The quantitative estimate of drug-likeness (QED) is 0.382. The number of Topliss-reactive ketones (excluding diaryl/α,β-unsaturated/α-hetero) is 1. The Morgan fingerprint density at radius 3 is 2.22 bits per heavy atom. The van der Waals surface area contributed by atoms with Crippen molar-refractivity contribution in [1.82, 2.24) is 5.32 Å². The largest absolute Gasteiger partial charge is 0.394 e. The lowest BCUT2D eigenvalue weighted by atomic mass is 10.0. The van der Waals surface area contributed by atoms with Gasteiger partial charge in [-0.15, -0.1) is 11.8 Å². The topological polar surface area (TPSA) is 119 Å². The van der Waals surface area contributed by atoms with Gasteiger partial charge in [0.25, 0.3) is 0 Å². The van der Waals surface area contributed by atoms with Gasteiger partial charge in [-0.2, -0.15) is 0 Å². The fourth-order valence-electron chi connectivity index (χ4n) is 2.41. The summed E-state index contributed by atoms with van der Waals surface area (Å²) in [6.07, 6.45) is -4.97. The van der Waals surface area contributed by atoms with Gasteiger partial charge in [-0.3, -0.25) is 4.79 Å². The Hall–Kier alpha value is -0.220. The zero-order chi connectivity index (χ0) is 17.7. The van der Waals surface area contributed by atoms with Gasteiger partial charge in [0.2, 0.25) is 0 Å². The van der Waals surface area contributed by atoms with E-state index in [1.165, 1.54) is 11.8 Å². The second kappa shape index (κ2) is 9.31. The number of rotatable bonds is 8. The Labute approximate surface area is 141 Å². The second-order valence-corrected chi connectivity index (χ2v) is 7.59. The zero-order valence-corrected chi connectivity index (χ0v) is 14.9. The fraction of sp³-hybridized carbons (Fsp3) is 0.933. The van der Waals surface area contributed by atoms with E-state index < -0.39 is 42.5 Å². The summed E-state index contributed by atoms with van der Waals surface area (Å²) in [5.41, 5.74) is -0.818. The number of aliphatic hydroxyl groups is 4. The molecule has 6 atom stereocenters. The molecule has 5 unspecified atom stereocenters. The molecule has 7 nitrogen and oxygen atoms in total. The zero-order valence-electron chi connectivity index (χ0n) is 14.0. The van der Waals surface area contributed by atoms with Gasteiger partial charge in [0.1, 0.15) is 29.9 Å².